The van der Waals surface area contributed by atoms with E-state index in [4.69, 9.17) is 5.73 Å². The molecule has 0 spiro atoms. The fraction of sp³-hybridized carbons (Fsp3) is 0.769. The summed E-state index contributed by atoms with van der Waals surface area (Å²) in [6, 6.07) is 0. The van der Waals surface area contributed by atoms with Crippen LogP contribution in [0.5, 0.6) is 0 Å². The molecule has 0 rings (SSSR count). The van der Waals surface area contributed by atoms with Crippen LogP contribution in [-0.2, 0) is 9.59 Å². The van der Waals surface area contributed by atoms with Crippen molar-refractivity contribution in [3.05, 3.63) is 0 Å². The minimum atomic E-state index is -0.308. The van der Waals surface area contributed by atoms with Gasteiger partial charge >= 0.3 is 0 Å². The maximum atomic E-state index is 11.3. The summed E-state index contributed by atoms with van der Waals surface area (Å²) in [5.41, 5.74) is 4.99. The van der Waals surface area contributed by atoms with E-state index in [1.807, 2.05) is 0 Å². The van der Waals surface area contributed by atoms with Gasteiger partial charge in [0.2, 0.25) is 11.8 Å². The maximum absolute atomic E-state index is 11.3. The third kappa shape index (κ3) is 12.7. The van der Waals surface area contributed by atoms with Crippen molar-refractivity contribution < 1.29 is 9.59 Å². The van der Waals surface area contributed by atoms with Gasteiger partial charge in [0.25, 0.3) is 0 Å². The first-order chi connectivity index (χ1) is 8.16. The highest BCUT2D eigenvalue weighted by Gasteiger charge is 1.99. The summed E-state index contributed by atoms with van der Waals surface area (Å²) in [4.78, 5) is 25.6. The lowest BCUT2D eigenvalue weighted by molar-refractivity contribution is -0.119. The van der Waals surface area contributed by atoms with Crippen LogP contribution in [0.4, 0.5) is 0 Å². The highest BCUT2D eigenvalue weighted by Crippen LogP contribution is 2.02. The molecular formula is C13H24N2O2. The number of rotatable bonds is 10. The summed E-state index contributed by atoms with van der Waals surface area (Å²) in [6.45, 7) is 2.17. The molecule has 0 bridgehead atoms. The Bertz CT molecular complexity index is 250. The number of amides is 2. The second-order valence-corrected chi connectivity index (χ2v) is 4.23. The highest BCUT2D eigenvalue weighted by atomic mass is 16.1. The van der Waals surface area contributed by atoms with Crippen LogP contribution in [0.25, 0.3) is 0 Å². The average Bonchev–Trinajstić information content (AvgIpc) is 2.29. The van der Waals surface area contributed by atoms with Crippen molar-refractivity contribution in [2.45, 2.75) is 64.7 Å². The van der Waals surface area contributed by atoms with E-state index < -0.39 is 0 Å². The molecule has 2 N–H and O–H groups in total. The van der Waals surface area contributed by atoms with Crippen molar-refractivity contribution in [1.29, 1.82) is 0 Å². The van der Waals surface area contributed by atoms with E-state index in [9.17, 15) is 9.59 Å². The number of aliphatic imine (C=N–C) groups is 1. The number of nitrogens with two attached hydrogens (primary N) is 1. The van der Waals surface area contributed by atoms with Gasteiger partial charge in [0.1, 0.15) is 0 Å². The first-order valence-corrected chi connectivity index (χ1v) is 6.50. The second-order valence-electron chi connectivity index (χ2n) is 4.23. The van der Waals surface area contributed by atoms with Gasteiger partial charge in [-0.05, 0) is 25.7 Å². The molecule has 0 aromatic heterocycles. The monoisotopic (exact) mass is 240 g/mol. The van der Waals surface area contributed by atoms with E-state index in [1.165, 1.54) is 19.3 Å². The summed E-state index contributed by atoms with van der Waals surface area (Å²) in [5.74, 6) is -0.401. The lowest BCUT2D eigenvalue weighted by Crippen LogP contribution is -2.09. The third-order valence-corrected chi connectivity index (χ3v) is 2.49. The Morgan fingerprint density at radius 1 is 1.06 bits per heavy atom. The lowest BCUT2D eigenvalue weighted by Gasteiger charge is -1.96. The molecule has 0 radical (unpaired) electrons. The minimum absolute atomic E-state index is 0.0926. The molecule has 0 atom stereocenters. The molecule has 0 aromatic carbocycles. The first kappa shape index (κ1) is 15.8. The number of nitrogens with zero attached hydrogens (tertiary/aromatic N) is 1. The van der Waals surface area contributed by atoms with Crippen molar-refractivity contribution in [2.24, 2.45) is 10.7 Å². The molecule has 4 nitrogen and oxygen atoms in total. The Balaban J connectivity index is 3.38. The zero-order valence-corrected chi connectivity index (χ0v) is 10.8. The van der Waals surface area contributed by atoms with Gasteiger partial charge in [-0.25, -0.2) is 4.99 Å². The predicted molar refractivity (Wildman–Crippen MR) is 69.9 cm³/mol. The SMILES string of the molecule is CCCCCCC=NC(=O)CCCCC(N)=O. The lowest BCUT2D eigenvalue weighted by atomic mass is 10.1. The van der Waals surface area contributed by atoms with Crippen LogP contribution < -0.4 is 5.73 Å². The molecule has 0 heterocycles. The molecule has 0 aromatic rings. The van der Waals surface area contributed by atoms with Crippen molar-refractivity contribution in [3.8, 4) is 0 Å². The molecular weight excluding hydrogens is 216 g/mol. The summed E-state index contributed by atoms with van der Waals surface area (Å²) < 4.78 is 0. The third-order valence-electron chi connectivity index (χ3n) is 2.49. The number of carbonyl (C=O) groups is 2. The standard InChI is InChI=1S/C13H24N2O2/c1-2-3-4-5-8-11-15-13(17)10-7-6-9-12(14)16/h11H,2-10H2,1H3,(H2,14,16). The van der Waals surface area contributed by atoms with Gasteiger partial charge < -0.3 is 5.73 Å². The molecule has 0 unspecified atom stereocenters. The van der Waals surface area contributed by atoms with Gasteiger partial charge in [-0.3, -0.25) is 9.59 Å². The molecule has 0 aliphatic carbocycles. The number of unbranched alkanes of at least 4 members (excludes halogenated alkanes) is 5. The molecule has 0 saturated heterocycles. The Morgan fingerprint density at radius 3 is 2.41 bits per heavy atom. The fourth-order valence-electron chi connectivity index (χ4n) is 1.47. The molecule has 0 aliphatic heterocycles. The molecule has 0 aliphatic rings. The topological polar surface area (TPSA) is 72.5 Å². The van der Waals surface area contributed by atoms with Crippen LogP contribution in [0.1, 0.15) is 64.7 Å². The van der Waals surface area contributed by atoms with E-state index in [0.29, 0.717) is 25.7 Å². The Hall–Kier alpha value is -1.19. The highest BCUT2D eigenvalue weighted by molar-refractivity contribution is 5.84. The van der Waals surface area contributed by atoms with Gasteiger partial charge in [0.05, 0.1) is 0 Å². The average molecular weight is 240 g/mol. The largest absolute Gasteiger partial charge is 0.370 e. The maximum Gasteiger partial charge on any atom is 0.245 e. The van der Waals surface area contributed by atoms with Crippen LogP contribution in [-0.4, -0.2) is 18.0 Å². The van der Waals surface area contributed by atoms with Crippen LogP contribution in [0.15, 0.2) is 4.99 Å². The van der Waals surface area contributed by atoms with Crippen LogP contribution in [0, 0.1) is 0 Å². The number of hydrogen-bond acceptors (Lipinski definition) is 2. The van der Waals surface area contributed by atoms with Gasteiger partial charge in [0.15, 0.2) is 0 Å². The van der Waals surface area contributed by atoms with E-state index in [2.05, 4.69) is 11.9 Å². The normalized spacial score (nSPS) is 10.9. The van der Waals surface area contributed by atoms with Gasteiger partial charge in [-0.2, -0.15) is 0 Å². The number of carbonyl (C=O) groups excluding carboxylic acids is 2. The van der Waals surface area contributed by atoms with Crippen molar-refractivity contribution in [1.82, 2.24) is 0 Å². The predicted octanol–water partition coefficient (Wildman–Crippen LogP) is 2.60. The molecule has 4 heteroatoms. The van der Waals surface area contributed by atoms with E-state index in [-0.39, 0.29) is 11.8 Å². The van der Waals surface area contributed by atoms with E-state index in [1.54, 1.807) is 6.21 Å². The van der Waals surface area contributed by atoms with Crippen molar-refractivity contribution in [2.75, 3.05) is 0 Å². The van der Waals surface area contributed by atoms with E-state index in [0.717, 1.165) is 12.8 Å². The van der Waals surface area contributed by atoms with Crippen LogP contribution >= 0.6 is 0 Å². The fourth-order valence-corrected chi connectivity index (χ4v) is 1.47. The van der Waals surface area contributed by atoms with Crippen LogP contribution in [0.3, 0.4) is 0 Å². The Labute approximate surface area is 104 Å². The Kier molecular flexibility index (Phi) is 10.5. The number of primary amides is 1. The molecule has 2 amide bonds. The smallest absolute Gasteiger partial charge is 0.245 e. The molecule has 0 fully saturated rings. The quantitative estimate of drug-likeness (QED) is 0.471. The van der Waals surface area contributed by atoms with Gasteiger partial charge in [-0.15, -0.1) is 0 Å². The summed E-state index contributed by atoms with van der Waals surface area (Å²) >= 11 is 0. The molecule has 98 valence electrons. The summed E-state index contributed by atoms with van der Waals surface area (Å²) in [5, 5.41) is 0. The minimum Gasteiger partial charge on any atom is -0.370 e. The van der Waals surface area contributed by atoms with Gasteiger partial charge in [-0.1, -0.05) is 26.2 Å². The zero-order chi connectivity index (χ0) is 12.9. The van der Waals surface area contributed by atoms with Gasteiger partial charge in [0, 0.05) is 19.1 Å². The first-order valence-electron chi connectivity index (χ1n) is 6.50. The van der Waals surface area contributed by atoms with Crippen molar-refractivity contribution >= 4 is 18.0 Å². The summed E-state index contributed by atoms with van der Waals surface area (Å²) in [7, 11) is 0. The Morgan fingerprint density at radius 2 is 1.76 bits per heavy atom. The van der Waals surface area contributed by atoms with E-state index >= 15 is 0 Å². The molecule has 0 saturated carbocycles. The number of hydrogen-bond donors (Lipinski definition) is 1. The molecule has 17 heavy (non-hydrogen) atoms. The second kappa shape index (κ2) is 11.3. The van der Waals surface area contributed by atoms with Crippen LogP contribution in [0.2, 0.25) is 0 Å². The zero-order valence-electron chi connectivity index (χ0n) is 10.8. The summed E-state index contributed by atoms with van der Waals surface area (Å²) in [6.07, 6.45) is 9.50. The van der Waals surface area contributed by atoms with Crippen molar-refractivity contribution in [3.63, 3.8) is 0 Å².